The van der Waals surface area contributed by atoms with Crippen LogP contribution in [0.25, 0.3) is 0 Å². The normalized spacial score (nSPS) is 14.4. The first-order chi connectivity index (χ1) is 12.5. The summed E-state index contributed by atoms with van der Waals surface area (Å²) < 4.78 is 34.0. The van der Waals surface area contributed by atoms with E-state index < -0.39 is 6.61 Å². The van der Waals surface area contributed by atoms with E-state index in [2.05, 4.69) is 15.0 Å². The van der Waals surface area contributed by atoms with E-state index in [-0.39, 0.29) is 11.7 Å². The highest BCUT2D eigenvalue weighted by atomic mass is 19.3. The lowest BCUT2D eigenvalue weighted by atomic mass is 10.1. The Hall–Kier alpha value is -2.67. The van der Waals surface area contributed by atoms with Crippen LogP contribution in [0.15, 0.2) is 42.5 Å². The summed E-state index contributed by atoms with van der Waals surface area (Å²) in [7, 11) is 0. The first kappa shape index (κ1) is 18.1. The summed E-state index contributed by atoms with van der Waals surface area (Å²) in [5.41, 5.74) is 3.11. The third-order valence-corrected chi connectivity index (χ3v) is 4.18. The zero-order valence-electron chi connectivity index (χ0n) is 14.4. The van der Waals surface area contributed by atoms with Crippen LogP contribution in [0, 0.1) is 6.92 Å². The second-order valence-corrected chi connectivity index (χ2v) is 5.96. The highest BCUT2D eigenvalue weighted by Crippen LogP contribution is 2.24. The number of ether oxygens (including phenoxy) is 2. The smallest absolute Gasteiger partial charge is 0.387 e. The molecule has 1 aliphatic heterocycles. The van der Waals surface area contributed by atoms with Crippen LogP contribution in [0.1, 0.15) is 15.9 Å². The number of carbonyl (C=O) groups is 1. The minimum absolute atomic E-state index is 0.0163. The summed E-state index contributed by atoms with van der Waals surface area (Å²) in [6.45, 7) is 2.16. The van der Waals surface area contributed by atoms with Crippen molar-refractivity contribution in [2.75, 3.05) is 36.5 Å². The third-order valence-electron chi connectivity index (χ3n) is 4.18. The van der Waals surface area contributed by atoms with Crippen LogP contribution < -0.4 is 15.0 Å². The molecule has 1 saturated heterocycles. The van der Waals surface area contributed by atoms with Gasteiger partial charge in [-0.05, 0) is 55.0 Å². The van der Waals surface area contributed by atoms with E-state index in [9.17, 15) is 13.6 Å². The van der Waals surface area contributed by atoms with Crippen molar-refractivity contribution in [3.05, 3.63) is 53.6 Å². The lowest BCUT2D eigenvalue weighted by Gasteiger charge is -2.29. The molecule has 0 unspecified atom stereocenters. The Labute approximate surface area is 150 Å². The fourth-order valence-corrected chi connectivity index (χ4v) is 2.79. The number of hydrogen-bond acceptors (Lipinski definition) is 4. The van der Waals surface area contributed by atoms with E-state index in [0.717, 1.165) is 24.3 Å². The molecule has 0 saturated carbocycles. The molecule has 0 aliphatic carbocycles. The van der Waals surface area contributed by atoms with Crippen LogP contribution in [-0.4, -0.2) is 38.8 Å². The van der Waals surface area contributed by atoms with E-state index in [1.165, 1.54) is 24.3 Å². The highest BCUT2D eigenvalue weighted by Gasteiger charge is 2.14. The van der Waals surface area contributed by atoms with E-state index in [4.69, 9.17) is 4.74 Å². The fourth-order valence-electron chi connectivity index (χ4n) is 2.79. The summed E-state index contributed by atoms with van der Waals surface area (Å²) in [6.07, 6.45) is 0. The van der Waals surface area contributed by atoms with Crippen molar-refractivity contribution < 1.29 is 23.0 Å². The van der Waals surface area contributed by atoms with Crippen molar-refractivity contribution >= 4 is 17.3 Å². The Balaban J connectivity index is 1.67. The molecule has 138 valence electrons. The average Bonchev–Trinajstić information content (AvgIpc) is 2.64. The first-order valence-electron chi connectivity index (χ1n) is 8.32. The van der Waals surface area contributed by atoms with Crippen LogP contribution in [0.5, 0.6) is 5.75 Å². The van der Waals surface area contributed by atoms with Crippen molar-refractivity contribution in [2.45, 2.75) is 13.5 Å². The summed E-state index contributed by atoms with van der Waals surface area (Å²) in [5.74, 6) is -0.293. The topological polar surface area (TPSA) is 50.8 Å². The summed E-state index contributed by atoms with van der Waals surface area (Å²) in [6, 6.07) is 11.4. The van der Waals surface area contributed by atoms with E-state index in [1.54, 1.807) is 0 Å². The van der Waals surface area contributed by atoms with Crippen molar-refractivity contribution in [3.63, 3.8) is 0 Å². The maximum Gasteiger partial charge on any atom is 0.387 e. The molecule has 7 heteroatoms. The Morgan fingerprint density at radius 3 is 2.46 bits per heavy atom. The minimum atomic E-state index is -2.89. The molecule has 1 fully saturated rings. The van der Waals surface area contributed by atoms with Crippen LogP contribution in [-0.2, 0) is 4.74 Å². The quantitative estimate of drug-likeness (QED) is 0.882. The monoisotopic (exact) mass is 362 g/mol. The van der Waals surface area contributed by atoms with Gasteiger partial charge in [-0.1, -0.05) is 0 Å². The van der Waals surface area contributed by atoms with Crippen LogP contribution in [0.4, 0.5) is 20.2 Å². The molecule has 2 aromatic rings. The van der Waals surface area contributed by atoms with E-state index in [1.807, 2.05) is 25.1 Å². The zero-order chi connectivity index (χ0) is 18.5. The van der Waals surface area contributed by atoms with Gasteiger partial charge in [0.25, 0.3) is 5.91 Å². The standard InChI is InChI=1S/C19H20F2N2O3/c1-13-12-15(23-8-10-25-11-9-23)4-7-17(13)22-18(24)14-2-5-16(6-3-14)26-19(20)21/h2-7,12,19H,8-11H2,1H3,(H,22,24). The molecule has 1 N–H and O–H groups in total. The largest absolute Gasteiger partial charge is 0.435 e. The lowest BCUT2D eigenvalue weighted by molar-refractivity contribution is -0.0498. The Bertz CT molecular complexity index is 760. The van der Waals surface area contributed by atoms with Gasteiger partial charge in [-0.3, -0.25) is 4.79 Å². The van der Waals surface area contributed by atoms with Crippen molar-refractivity contribution in [1.82, 2.24) is 0 Å². The second kappa shape index (κ2) is 8.14. The number of morpholine rings is 1. The fraction of sp³-hybridized carbons (Fsp3) is 0.316. The molecule has 5 nitrogen and oxygen atoms in total. The molecule has 26 heavy (non-hydrogen) atoms. The van der Waals surface area contributed by atoms with Gasteiger partial charge >= 0.3 is 6.61 Å². The Morgan fingerprint density at radius 2 is 1.85 bits per heavy atom. The number of rotatable bonds is 5. The van der Waals surface area contributed by atoms with Gasteiger partial charge in [0, 0.05) is 30.0 Å². The number of halogens is 2. The number of hydrogen-bond donors (Lipinski definition) is 1. The molecule has 1 aliphatic rings. The number of benzene rings is 2. The van der Waals surface area contributed by atoms with Crippen molar-refractivity contribution in [3.8, 4) is 5.75 Å². The molecule has 0 aromatic heterocycles. The maximum atomic E-state index is 12.4. The number of alkyl halides is 2. The van der Waals surface area contributed by atoms with Gasteiger partial charge in [0.15, 0.2) is 0 Å². The molecule has 3 rings (SSSR count). The number of nitrogens with zero attached hydrogens (tertiary/aromatic N) is 1. The Kier molecular flexibility index (Phi) is 5.68. The van der Waals surface area contributed by atoms with E-state index >= 15 is 0 Å². The van der Waals surface area contributed by atoms with Gasteiger partial charge < -0.3 is 19.7 Å². The summed E-state index contributed by atoms with van der Waals surface area (Å²) >= 11 is 0. The van der Waals surface area contributed by atoms with Crippen molar-refractivity contribution in [2.24, 2.45) is 0 Å². The summed E-state index contributed by atoms with van der Waals surface area (Å²) in [5, 5.41) is 2.85. The molecule has 2 aromatic carbocycles. The van der Waals surface area contributed by atoms with Gasteiger partial charge in [0.1, 0.15) is 5.75 Å². The van der Waals surface area contributed by atoms with Crippen LogP contribution in [0.2, 0.25) is 0 Å². The van der Waals surface area contributed by atoms with E-state index in [0.29, 0.717) is 24.5 Å². The van der Waals surface area contributed by atoms with Gasteiger partial charge in [-0.25, -0.2) is 0 Å². The highest BCUT2D eigenvalue weighted by molar-refractivity contribution is 6.04. The van der Waals surface area contributed by atoms with Crippen LogP contribution >= 0.6 is 0 Å². The van der Waals surface area contributed by atoms with Gasteiger partial charge in [-0.15, -0.1) is 0 Å². The van der Waals surface area contributed by atoms with Gasteiger partial charge in [0.2, 0.25) is 0 Å². The number of amides is 1. The molecular weight excluding hydrogens is 342 g/mol. The molecule has 0 radical (unpaired) electrons. The van der Waals surface area contributed by atoms with Gasteiger partial charge in [0.05, 0.1) is 13.2 Å². The third kappa shape index (κ3) is 4.49. The SMILES string of the molecule is Cc1cc(N2CCOCC2)ccc1NC(=O)c1ccc(OC(F)F)cc1. The summed E-state index contributed by atoms with van der Waals surface area (Å²) in [4.78, 5) is 14.6. The molecular formula is C19H20F2N2O3. The minimum Gasteiger partial charge on any atom is -0.435 e. The van der Waals surface area contributed by atoms with Crippen molar-refractivity contribution in [1.29, 1.82) is 0 Å². The molecule has 1 amide bonds. The predicted octanol–water partition coefficient (Wildman–Crippen LogP) is 3.69. The molecule has 0 bridgehead atoms. The lowest BCUT2D eigenvalue weighted by Crippen LogP contribution is -2.36. The number of nitrogens with one attached hydrogen (secondary N) is 1. The first-order valence-corrected chi connectivity index (χ1v) is 8.32. The number of aryl methyl sites for hydroxylation is 1. The number of carbonyl (C=O) groups excluding carboxylic acids is 1. The molecule has 0 spiro atoms. The average molecular weight is 362 g/mol. The Morgan fingerprint density at radius 1 is 1.15 bits per heavy atom. The maximum absolute atomic E-state index is 12.4. The van der Waals surface area contributed by atoms with Crippen LogP contribution in [0.3, 0.4) is 0 Å². The zero-order valence-corrected chi connectivity index (χ0v) is 14.4. The van der Waals surface area contributed by atoms with Gasteiger partial charge in [-0.2, -0.15) is 8.78 Å². The second-order valence-electron chi connectivity index (χ2n) is 5.96. The number of anilines is 2. The predicted molar refractivity (Wildman–Crippen MR) is 95.2 cm³/mol. The molecule has 0 atom stereocenters. The molecule has 1 heterocycles.